The van der Waals surface area contributed by atoms with Gasteiger partial charge in [-0.15, -0.1) is 0 Å². The first kappa shape index (κ1) is 18.9. The Hall–Kier alpha value is -3.48. The van der Waals surface area contributed by atoms with E-state index in [2.05, 4.69) is 10.5 Å². The van der Waals surface area contributed by atoms with Crippen molar-refractivity contribution in [1.29, 1.82) is 0 Å². The summed E-state index contributed by atoms with van der Waals surface area (Å²) >= 11 is 0. The van der Waals surface area contributed by atoms with E-state index in [0.29, 0.717) is 41.7 Å². The Bertz CT molecular complexity index is 994. The molecule has 0 aliphatic carbocycles. The van der Waals surface area contributed by atoms with Gasteiger partial charge in [-0.2, -0.15) is 0 Å². The normalized spacial score (nSPS) is 15.0. The Morgan fingerprint density at radius 3 is 2.69 bits per heavy atom. The fourth-order valence-corrected chi connectivity index (χ4v) is 3.10. The van der Waals surface area contributed by atoms with Gasteiger partial charge >= 0.3 is 0 Å². The first-order valence-corrected chi connectivity index (χ1v) is 9.42. The van der Waals surface area contributed by atoms with Gasteiger partial charge in [0.2, 0.25) is 0 Å². The lowest BCUT2D eigenvalue weighted by atomic mass is 10.1. The predicted octanol–water partition coefficient (Wildman–Crippen LogP) is 3.44. The van der Waals surface area contributed by atoms with Crippen molar-refractivity contribution in [3.8, 4) is 17.2 Å². The van der Waals surface area contributed by atoms with Crippen LogP contribution in [-0.4, -0.2) is 30.3 Å². The van der Waals surface area contributed by atoms with Crippen LogP contribution in [0.1, 0.15) is 27.4 Å². The number of carbonyl (C=O) groups excluding carboxylic acids is 1. The number of aromatic nitrogens is 1. The summed E-state index contributed by atoms with van der Waals surface area (Å²) in [7, 11) is 0. The molecule has 1 N–H and O–H groups in total. The summed E-state index contributed by atoms with van der Waals surface area (Å²) in [5.41, 5.74) is 2.11. The quantitative estimate of drug-likeness (QED) is 0.690. The van der Waals surface area contributed by atoms with Gasteiger partial charge in [-0.05, 0) is 38.1 Å². The van der Waals surface area contributed by atoms with Crippen LogP contribution in [0.5, 0.6) is 17.2 Å². The van der Waals surface area contributed by atoms with E-state index in [-0.39, 0.29) is 18.6 Å². The molecule has 0 bridgehead atoms. The van der Waals surface area contributed by atoms with Crippen molar-refractivity contribution in [2.45, 2.75) is 26.6 Å². The fraction of sp³-hybridized carbons (Fsp3) is 0.273. The molecular formula is C22H22N2O5. The third-order valence-corrected chi connectivity index (χ3v) is 4.74. The van der Waals surface area contributed by atoms with E-state index in [1.54, 1.807) is 18.2 Å². The van der Waals surface area contributed by atoms with Crippen molar-refractivity contribution in [2.75, 3.05) is 13.2 Å². The van der Waals surface area contributed by atoms with Crippen molar-refractivity contribution in [3.05, 3.63) is 71.1 Å². The molecule has 2 heterocycles. The molecule has 4 rings (SSSR count). The average molecular weight is 394 g/mol. The smallest absolute Gasteiger partial charge is 0.255 e. The molecule has 29 heavy (non-hydrogen) atoms. The molecule has 0 saturated heterocycles. The minimum Gasteiger partial charge on any atom is -0.488 e. The molecule has 0 fully saturated rings. The molecule has 0 spiro atoms. The van der Waals surface area contributed by atoms with Gasteiger partial charge in [0.1, 0.15) is 30.8 Å². The number of nitrogens with zero attached hydrogens (tertiary/aromatic N) is 1. The molecular weight excluding hydrogens is 372 g/mol. The molecule has 0 unspecified atom stereocenters. The van der Waals surface area contributed by atoms with Crippen LogP contribution in [0.25, 0.3) is 0 Å². The number of benzene rings is 2. The maximum atomic E-state index is 12.7. The largest absolute Gasteiger partial charge is 0.488 e. The lowest BCUT2D eigenvalue weighted by Gasteiger charge is -2.26. The van der Waals surface area contributed by atoms with Crippen LogP contribution in [0.3, 0.4) is 0 Å². The molecule has 1 amide bonds. The Kier molecular flexibility index (Phi) is 5.37. The van der Waals surface area contributed by atoms with Crippen LogP contribution in [0.15, 0.2) is 53.1 Å². The summed E-state index contributed by atoms with van der Waals surface area (Å²) in [4.78, 5) is 12.7. The van der Waals surface area contributed by atoms with Crippen LogP contribution in [0.4, 0.5) is 0 Å². The van der Waals surface area contributed by atoms with Gasteiger partial charge in [0.15, 0.2) is 11.5 Å². The number of para-hydroxylation sites is 3. The molecule has 1 aromatic heterocycles. The summed E-state index contributed by atoms with van der Waals surface area (Å²) in [6.07, 6.45) is -0.260. The molecule has 7 nitrogen and oxygen atoms in total. The fourth-order valence-electron chi connectivity index (χ4n) is 3.10. The monoisotopic (exact) mass is 394 g/mol. The average Bonchev–Trinajstić information content (AvgIpc) is 3.08. The Balaban J connectivity index is 1.38. The van der Waals surface area contributed by atoms with Crippen molar-refractivity contribution in [3.63, 3.8) is 0 Å². The second-order valence-electron chi connectivity index (χ2n) is 6.80. The number of nitrogens with one attached hydrogen (secondary N) is 1. The topological polar surface area (TPSA) is 82.8 Å². The lowest BCUT2D eigenvalue weighted by molar-refractivity contribution is 0.0787. The highest BCUT2D eigenvalue weighted by molar-refractivity contribution is 5.96. The van der Waals surface area contributed by atoms with Crippen LogP contribution in [0.2, 0.25) is 0 Å². The molecule has 1 aliphatic heterocycles. The van der Waals surface area contributed by atoms with Crippen LogP contribution in [0, 0.1) is 13.8 Å². The Morgan fingerprint density at radius 2 is 1.90 bits per heavy atom. The van der Waals surface area contributed by atoms with E-state index in [1.807, 2.05) is 44.2 Å². The number of amides is 1. The van der Waals surface area contributed by atoms with E-state index in [4.69, 9.17) is 18.7 Å². The molecule has 7 heteroatoms. The molecule has 3 aromatic rings. The van der Waals surface area contributed by atoms with Crippen LogP contribution >= 0.6 is 0 Å². The van der Waals surface area contributed by atoms with Gasteiger partial charge in [-0.3, -0.25) is 4.79 Å². The predicted molar refractivity (Wildman–Crippen MR) is 105 cm³/mol. The SMILES string of the molecule is Cc1noc(C)c1COc1ccccc1C(=O)NC[C@@H]1COc2ccccc2O1. The van der Waals surface area contributed by atoms with Crippen molar-refractivity contribution in [2.24, 2.45) is 0 Å². The summed E-state index contributed by atoms with van der Waals surface area (Å²) in [6.45, 7) is 4.68. The number of ether oxygens (including phenoxy) is 3. The lowest BCUT2D eigenvalue weighted by Crippen LogP contribution is -2.40. The highest BCUT2D eigenvalue weighted by Crippen LogP contribution is 2.30. The molecule has 1 aliphatic rings. The van der Waals surface area contributed by atoms with Gasteiger partial charge in [0.25, 0.3) is 5.91 Å². The van der Waals surface area contributed by atoms with Crippen LogP contribution in [-0.2, 0) is 6.61 Å². The minimum absolute atomic E-state index is 0.234. The molecule has 0 saturated carbocycles. The Morgan fingerprint density at radius 1 is 1.14 bits per heavy atom. The first-order chi connectivity index (χ1) is 14.1. The summed E-state index contributed by atoms with van der Waals surface area (Å²) in [5, 5.41) is 6.82. The van der Waals surface area contributed by atoms with Gasteiger partial charge in [0, 0.05) is 0 Å². The third-order valence-electron chi connectivity index (χ3n) is 4.74. The van der Waals surface area contributed by atoms with Crippen LogP contribution < -0.4 is 19.5 Å². The number of rotatable bonds is 6. The molecule has 0 radical (unpaired) electrons. The van der Waals surface area contributed by atoms with Crippen molar-refractivity contribution >= 4 is 5.91 Å². The summed E-state index contributed by atoms with van der Waals surface area (Å²) in [6, 6.07) is 14.6. The van der Waals surface area contributed by atoms with E-state index in [0.717, 1.165) is 11.3 Å². The highest BCUT2D eigenvalue weighted by Gasteiger charge is 2.22. The molecule has 1 atom stereocenters. The van der Waals surface area contributed by atoms with E-state index in [1.165, 1.54) is 0 Å². The second kappa shape index (κ2) is 8.26. The standard InChI is InChI=1S/C22H22N2O5/c1-14-18(15(2)29-24-14)13-27-19-8-4-3-7-17(19)22(25)23-11-16-12-26-20-9-5-6-10-21(20)28-16/h3-10,16H,11-13H2,1-2H3,(H,23,25)/t16-/m1/s1. The molecule has 150 valence electrons. The first-order valence-electron chi connectivity index (χ1n) is 9.42. The van der Waals surface area contributed by atoms with E-state index >= 15 is 0 Å². The zero-order valence-electron chi connectivity index (χ0n) is 16.3. The summed E-state index contributed by atoms with van der Waals surface area (Å²) < 4.78 is 22.6. The Labute approximate surface area is 168 Å². The van der Waals surface area contributed by atoms with Crippen molar-refractivity contribution < 1.29 is 23.5 Å². The maximum Gasteiger partial charge on any atom is 0.255 e. The van der Waals surface area contributed by atoms with E-state index < -0.39 is 0 Å². The number of carbonyl (C=O) groups is 1. The number of fused-ring (bicyclic) bond motifs is 1. The van der Waals surface area contributed by atoms with Gasteiger partial charge in [-0.1, -0.05) is 29.4 Å². The number of hydrogen-bond donors (Lipinski definition) is 1. The van der Waals surface area contributed by atoms with E-state index in [9.17, 15) is 4.79 Å². The van der Waals surface area contributed by atoms with Gasteiger partial charge in [-0.25, -0.2) is 0 Å². The maximum absolute atomic E-state index is 12.7. The minimum atomic E-state index is -0.260. The molecule has 2 aromatic carbocycles. The third kappa shape index (κ3) is 4.18. The van der Waals surface area contributed by atoms with Crippen molar-refractivity contribution in [1.82, 2.24) is 10.5 Å². The number of hydrogen-bond acceptors (Lipinski definition) is 6. The zero-order chi connectivity index (χ0) is 20.2. The highest BCUT2D eigenvalue weighted by atomic mass is 16.6. The number of aryl methyl sites for hydroxylation is 2. The zero-order valence-corrected chi connectivity index (χ0v) is 16.3. The second-order valence-corrected chi connectivity index (χ2v) is 6.80. The van der Waals surface area contributed by atoms with Gasteiger partial charge < -0.3 is 24.1 Å². The summed E-state index contributed by atoms with van der Waals surface area (Å²) in [5.74, 6) is 2.37. The van der Waals surface area contributed by atoms with Gasteiger partial charge in [0.05, 0.1) is 23.4 Å².